The van der Waals surface area contributed by atoms with E-state index in [1.165, 1.54) is 11.3 Å². The van der Waals surface area contributed by atoms with Gasteiger partial charge < -0.3 is 9.47 Å². The van der Waals surface area contributed by atoms with Gasteiger partial charge in [0.15, 0.2) is 0 Å². The van der Waals surface area contributed by atoms with Crippen LogP contribution in [-0.2, 0) is 14.3 Å². The highest BCUT2D eigenvalue weighted by molar-refractivity contribution is 7.17. The van der Waals surface area contributed by atoms with E-state index < -0.39 is 18.0 Å². The van der Waals surface area contributed by atoms with Gasteiger partial charge in [-0.1, -0.05) is 60.7 Å². The van der Waals surface area contributed by atoms with Crippen LogP contribution in [0.4, 0.5) is 0 Å². The van der Waals surface area contributed by atoms with Crippen molar-refractivity contribution in [3.05, 3.63) is 65.5 Å². The molecule has 2 aromatic carbocycles. The summed E-state index contributed by atoms with van der Waals surface area (Å²) < 4.78 is 10.2. The van der Waals surface area contributed by atoms with Crippen molar-refractivity contribution in [1.29, 1.82) is 0 Å². The average molecular weight is 365 g/mol. The number of cyclic esters (lactones) is 1. The quantitative estimate of drug-likeness (QED) is 0.655. The lowest BCUT2D eigenvalue weighted by molar-refractivity contribution is -0.145. The van der Waals surface area contributed by atoms with Crippen LogP contribution in [0.3, 0.4) is 0 Å². The standard InChI is InChI=1S/C20H15NO4S/c22-19-15(11-12-24-19)25-20(23)17-16(13-7-3-1-4-8-13)21-18(26-17)14-9-5-2-6-10-14/h1-10,15H,11-12H2/t15-/m1/s1. The maximum atomic E-state index is 12.7. The van der Waals surface area contributed by atoms with Crippen LogP contribution in [0.15, 0.2) is 60.7 Å². The Morgan fingerprint density at radius 3 is 2.31 bits per heavy atom. The topological polar surface area (TPSA) is 65.5 Å². The highest BCUT2D eigenvalue weighted by Gasteiger charge is 2.32. The molecule has 3 aromatic rings. The summed E-state index contributed by atoms with van der Waals surface area (Å²) in [7, 11) is 0. The highest BCUT2D eigenvalue weighted by Crippen LogP contribution is 2.34. The summed E-state index contributed by atoms with van der Waals surface area (Å²) in [5.41, 5.74) is 2.31. The zero-order valence-corrected chi connectivity index (χ0v) is 14.6. The van der Waals surface area contributed by atoms with Gasteiger partial charge in [-0.25, -0.2) is 14.6 Å². The van der Waals surface area contributed by atoms with E-state index in [-0.39, 0.29) is 6.61 Å². The molecule has 0 bridgehead atoms. The van der Waals surface area contributed by atoms with E-state index in [4.69, 9.17) is 9.47 Å². The van der Waals surface area contributed by atoms with Crippen molar-refractivity contribution in [2.75, 3.05) is 6.61 Å². The fraction of sp³-hybridized carbons (Fsp3) is 0.150. The molecule has 1 saturated heterocycles. The van der Waals surface area contributed by atoms with Crippen LogP contribution in [0.1, 0.15) is 16.1 Å². The fourth-order valence-corrected chi connectivity index (χ4v) is 3.70. The Morgan fingerprint density at radius 1 is 1.04 bits per heavy atom. The summed E-state index contributed by atoms with van der Waals surface area (Å²) in [6.45, 7) is 0.278. The average Bonchev–Trinajstić information content (AvgIpc) is 3.30. The lowest BCUT2D eigenvalue weighted by Crippen LogP contribution is -2.22. The van der Waals surface area contributed by atoms with E-state index in [9.17, 15) is 9.59 Å². The van der Waals surface area contributed by atoms with Gasteiger partial charge in [0.2, 0.25) is 6.10 Å². The van der Waals surface area contributed by atoms with Crippen molar-refractivity contribution in [1.82, 2.24) is 4.98 Å². The van der Waals surface area contributed by atoms with Crippen LogP contribution in [0, 0.1) is 0 Å². The second kappa shape index (κ2) is 7.09. The highest BCUT2D eigenvalue weighted by atomic mass is 32.1. The molecule has 0 N–H and O–H groups in total. The maximum absolute atomic E-state index is 12.7. The zero-order chi connectivity index (χ0) is 17.9. The van der Waals surface area contributed by atoms with Crippen molar-refractivity contribution < 1.29 is 19.1 Å². The predicted octanol–water partition coefficient (Wildman–Crippen LogP) is 3.95. The fourth-order valence-electron chi connectivity index (χ4n) is 2.72. The second-order valence-corrected chi connectivity index (χ2v) is 6.78. The number of thiazole rings is 1. The van der Waals surface area contributed by atoms with Crippen LogP contribution in [0.2, 0.25) is 0 Å². The molecule has 1 aliphatic heterocycles. The Bertz CT molecular complexity index is 937. The number of hydrogen-bond acceptors (Lipinski definition) is 6. The number of carbonyl (C=O) groups excluding carboxylic acids is 2. The Balaban J connectivity index is 1.73. The Kier molecular flexibility index (Phi) is 4.50. The summed E-state index contributed by atoms with van der Waals surface area (Å²) in [4.78, 5) is 29.4. The van der Waals surface area contributed by atoms with Crippen molar-refractivity contribution in [3.63, 3.8) is 0 Å². The lowest BCUT2D eigenvalue weighted by atomic mass is 10.1. The zero-order valence-electron chi connectivity index (χ0n) is 13.8. The van der Waals surface area contributed by atoms with E-state index in [2.05, 4.69) is 4.98 Å². The molecule has 1 fully saturated rings. The Labute approximate surface area is 154 Å². The third-order valence-electron chi connectivity index (χ3n) is 4.02. The van der Waals surface area contributed by atoms with Crippen LogP contribution >= 0.6 is 11.3 Å². The molecule has 0 amide bonds. The first kappa shape index (κ1) is 16.5. The van der Waals surface area contributed by atoms with Gasteiger partial charge in [0, 0.05) is 17.5 Å². The first-order chi connectivity index (χ1) is 12.7. The van der Waals surface area contributed by atoms with E-state index in [0.717, 1.165) is 16.1 Å². The van der Waals surface area contributed by atoms with Crippen LogP contribution < -0.4 is 0 Å². The molecule has 0 unspecified atom stereocenters. The first-order valence-corrected chi connectivity index (χ1v) is 9.03. The van der Waals surface area contributed by atoms with Crippen molar-refractivity contribution in [2.24, 2.45) is 0 Å². The molecule has 0 saturated carbocycles. The minimum atomic E-state index is -0.839. The van der Waals surface area contributed by atoms with Crippen molar-refractivity contribution in [2.45, 2.75) is 12.5 Å². The molecule has 2 heterocycles. The van der Waals surface area contributed by atoms with Gasteiger partial charge in [0.1, 0.15) is 9.88 Å². The van der Waals surface area contributed by atoms with Crippen LogP contribution in [-0.4, -0.2) is 29.6 Å². The molecule has 130 valence electrons. The SMILES string of the molecule is O=C(O[C@@H]1CCOC1=O)c1sc(-c2ccccc2)nc1-c1ccccc1. The Morgan fingerprint density at radius 2 is 1.69 bits per heavy atom. The summed E-state index contributed by atoms with van der Waals surface area (Å²) in [6, 6.07) is 19.1. The van der Waals surface area contributed by atoms with Gasteiger partial charge in [-0.15, -0.1) is 11.3 Å². The number of hydrogen-bond donors (Lipinski definition) is 0. The largest absolute Gasteiger partial charge is 0.463 e. The number of esters is 2. The molecule has 26 heavy (non-hydrogen) atoms. The third-order valence-corrected chi connectivity index (χ3v) is 5.10. The number of benzene rings is 2. The molecule has 0 radical (unpaired) electrons. The minimum absolute atomic E-state index is 0.278. The summed E-state index contributed by atoms with van der Waals surface area (Å²) in [6.07, 6.45) is -0.455. The van der Waals surface area contributed by atoms with Gasteiger partial charge in [-0.05, 0) is 0 Å². The molecule has 1 atom stereocenters. The summed E-state index contributed by atoms with van der Waals surface area (Å²) >= 11 is 1.26. The predicted molar refractivity (Wildman–Crippen MR) is 97.8 cm³/mol. The van der Waals surface area contributed by atoms with E-state index in [1.807, 2.05) is 60.7 Å². The van der Waals surface area contributed by atoms with Crippen LogP contribution in [0.25, 0.3) is 21.8 Å². The summed E-state index contributed by atoms with van der Waals surface area (Å²) in [5.74, 6) is -1.04. The smallest absolute Gasteiger partial charge is 0.351 e. The summed E-state index contributed by atoms with van der Waals surface area (Å²) in [5, 5.41) is 0.727. The molecule has 1 aromatic heterocycles. The monoisotopic (exact) mass is 365 g/mol. The molecule has 5 nitrogen and oxygen atoms in total. The number of rotatable bonds is 4. The molecule has 6 heteroatoms. The van der Waals surface area contributed by atoms with E-state index >= 15 is 0 Å². The minimum Gasteiger partial charge on any atom is -0.463 e. The number of nitrogens with zero attached hydrogens (tertiary/aromatic N) is 1. The maximum Gasteiger partial charge on any atom is 0.351 e. The van der Waals surface area contributed by atoms with E-state index in [0.29, 0.717) is 17.0 Å². The first-order valence-electron chi connectivity index (χ1n) is 8.21. The number of carbonyl (C=O) groups is 2. The number of ether oxygens (including phenoxy) is 2. The lowest BCUT2D eigenvalue weighted by Gasteiger charge is -2.08. The van der Waals surface area contributed by atoms with Gasteiger partial charge in [-0.3, -0.25) is 0 Å². The normalized spacial score (nSPS) is 16.3. The molecular weight excluding hydrogens is 350 g/mol. The van der Waals surface area contributed by atoms with Gasteiger partial charge >= 0.3 is 11.9 Å². The Hall–Kier alpha value is -2.99. The second-order valence-electron chi connectivity index (χ2n) is 5.78. The molecule has 0 aliphatic carbocycles. The van der Waals surface area contributed by atoms with Crippen LogP contribution in [0.5, 0.6) is 0 Å². The third kappa shape index (κ3) is 3.23. The molecule has 4 rings (SSSR count). The molecular formula is C20H15NO4S. The van der Waals surface area contributed by atoms with Gasteiger partial charge in [-0.2, -0.15) is 0 Å². The van der Waals surface area contributed by atoms with Crippen molar-refractivity contribution in [3.8, 4) is 21.8 Å². The van der Waals surface area contributed by atoms with Gasteiger partial charge in [0.05, 0.1) is 12.3 Å². The van der Waals surface area contributed by atoms with Gasteiger partial charge in [0.25, 0.3) is 0 Å². The molecule has 0 spiro atoms. The van der Waals surface area contributed by atoms with Crippen molar-refractivity contribution >= 4 is 23.3 Å². The number of aromatic nitrogens is 1. The van der Waals surface area contributed by atoms with E-state index in [1.54, 1.807) is 0 Å². The molecule has 1 aliphatic rings.